The van der Waals surface area contributed by atoms with E-state index < -0.39 is 5.60 Å². The highest BCUT2D eigenvalue weighted by molar-refractivity contribution is 5.36. The lowest BCUT2D eigenvalue weighted by Crippen LogP contribution is -2.35. The third kappa shape index (κ3) is 5.02. The summed E-state index contributed by atoms with van der Waals surface area (Å²) >= 11 is 0. The van der Waals surface area contributed by atoms with Crippen molar-refractivity contribution in [2.24, 2.45) is 29.1 Å². The number of hydrogen-bond donors (Lipinski definition) is 2. The molecule has 3 fully saturated rings. The van der Waals surface area contributed by atoms with Crippen LogP contribution in [0.15, 0.2) is 47.6 Å². The van der Waals surface area contributed by atoms with Crippen molar-refractivity contribution >= 4 is 0 Å². The number of fused-ring (bicyclic) bond motifs is 1. The van der Waals surface area contributed by atoms with Gasteiger partial charge in [0.2, 0.25) is 0 Å². The molecule has 30 heavy (non-hydrogen) atoms. The summed E-state index contributed by atoms with van der Waals surface area (Å²) in [6.07, 6.45) is 18.0. The third-order valence-electron chi connectivity index (χ3n) is 8.68. The van der Waals surface area contributed by atoms with Gasteiger partial charge in [-0.3, -0.25) is 0 Å². The minimum absolute atomic E-state index is 0.164. The molecular formula is C28H44O2. The maximum Gasteiger partial charge on any atom is 0.0651 e. The van der Waals surface area contributed by atoms with Crippen LogP contribution in [-0.2, 0) is 0 Å². The van der Waals surface area contributed by atoms with E-state index >= 15 is 0 Å². The van der Waals surface area contributed by atoms with Gasteiger partial charge in [0.1, 0.15) is 0 Å². The lowest BCUT2D eigenvalue weighted by atomic mass is 9.61. The number of hydrogen-bond acceptors (Lipinski definition) is 2. The maximum absolute atomic E-state index is 10.3. The molecule has 0 bridgehead atoms. The monoisotopic (exact) mass is 412 g/mol. The molecule has 0 aromatic carbocycles. The van der Waals surface area contributed by atoms with Crippen LogP contribution in [0.1, 0.15) is 86.0 Å². The first-order valence-electron chi connectivity index (χ1n) is 12.2. The van der Waals surface area contributed by atoms with E-state index in [9.17, 15) is 10.2 Å². The zero-order valence-corrected chi connectivity index (χ0v) is 20.0. The van der Waals surface area contributed by atoms with Crippen molar-refractivity contribution < 1.29 is 10.2 Å². The standard InChI is InChI=1S/C28H44O2/c1-19-10-14-24(29)18-23(19)13-12-22-8-7-17-28(6)25(15-16-26(22)28)20(2)9-11-21(3)27(4,5)30/h9,11-13,20-21,24-26,29-30H,1,7-8,10,14-18H2,2-6H3. The molecule has 3 rings (SSSR count). The molecule has 2 N–H and O–H groups in total. The Kier molecular flexibility index (Phi) is 7.19. The summed E-state index contributed by atoms with van der Waals surface area (Å²) in [5, 5.41) is 20.3. The minimum Gasteiger partial charge on any atom is -0.393 e. The van der Waals surface area contributed by atoms with Crippen LogP contribution in [0.4, 0.5) is 0 Å². The Morgan fingerprint density at radius 2 is 1.83 bits per heavy atom. The Morgan fingerprint density at radius 1 is 1.10 bits per heavy atom. The second-order valence-corrected chi connectivity index (χ2v) is 11.2. The van der Waals surface area contributed by atoms with E-state index in [1.807, 2.05) is 13.8 Å². The van der Waals surface area contributed by atoms with Crippen molar-refractivity contribution in [3.8, 4) is 0 Å². The second-order valence-electron chi connectivity index (χ2n) is 11.2. The van der Waals surface area contributed by atoms with Gasteiger partial charge in [-0.25, -0.2) is 0 Å². The summed E-state index contributed by atoms with van der Waals surface area (Å²) in [5.41, 5.74) is 3.78. The van der Waals surface area contributed by atoms with Crippen LogP contribution < -0.4 is 0 Å². The molecule has 0 saturated heterocycles. The molecule has 0 aromatic rings. The van der Waals surface area contributed by atoms with E-state index in [4.69, 9.17) is 0 Å². The van der Waals surface area contributed by atoms with E-state index in [0.29, 0.717) is 23.2 Å². The SMILES string of the molecule is C=C1CCC(O)CC1=CC=C1CCCC2(C)C1CCC2C(C)C=CC(C)C(C)(C)O. The van der Waals surface area contributed by atoms with E-state index in [-0.39, 0.29) is 12.0 Å². The molecule has 0 aliphatic heterocycles. The molecule has 6 unspecified atom stereocenters. The van der Waals surface area contributed by atoms with Gasteiger partial charge >= 0.3 is 0 Å². The minimum atomic E-state index is -0.663. The first-order valence-corrected chi connectivity index (χ1v) is 12.2. The van der Waals surface area contributed by atoms with Gasteiger partial charge in [0.05, 0.1) is 11.7 Å². The van der Waals surface area contributed by atoms with Crippen molar-refractivity contribution in [1.82, 2.24) is 0 Å². The molecule has 0 radical (unpaired) electrons. The van der Waals surface area contributed by atoms with Crippen molar-refractivity contribution in [3.05, 3.63) is 47.6 Å². The molecule has 0 spiro atoms. The van der Waals surface area contributed by atoms with E-state index in [2.05, 4.69) is 51.7 Å². The van der Waals surface area contributed by atoms with Crippen molar-refractivity contribution in [2.75, 3.05) is 0 Å². The maximum atomic E-state index is 10.3. The molecule has 6 atom stereocenters. The van der Waals surface area contributed by atoms with E-state index in [1.54, 1.807) is 5.57 Å². The Hall–Kier alpha value is -1.12. The lowest BCUT2D eigenvalue weighted by Gasteiger charge is -2.44. The third-order valence-corrected chi connectivity index (χ3v) is 8.68. The number of rotatable bonds is 5. The molecular weight excluding hydrogens is 368 g/mol. The van der Waals surface area contributed by atoms with Crippen LogP contribution >= 0.6 is 0 Å². The largest absolute Gasteiger partial charge is 0.393 e. The molecule has 2 heteroatoms. The topological polar surface area (TPSA) is 40.5 Å². The lowest BCUT2D eigenvalue weighted by molar-refractivity contribution is 0.0436. The van der Waals surface area contributed by atoms with E-state index in [1.165, 1.54) is 43.3 Å². The van der Waals surface area contributed by atoms with Gasteiger partial charge in [-0.05, 0) is 94.0 Å². The highest BCUT2D eigenvalue weighted by Gasteiger charge is 2.50. The molecule has 3 aliphatic carbocycles. The molecule has 3 aliphatic rings. The Balaban J connectivity index is 1.75. The summed E-state index contributed by atoms with van der Waals surface area (Å²) in [6, 6.07) is 0. The highest BCUT2D eigenvalue weighted by atomic mass is 16.3. The highest BCUT2D eigenvalue weighted by Crippen LogP contribution is 2.59. The Bertz CT molecular complexity index is 719. The van der Waals surface area contributed by atoms with Crippen molar-refractivity contribution in [2.45, 2.75) is 97.7 Å². The number of allylic oxidation sites excluding steroid dienone is 5. The van der Waals surface area contributed by atoms with Crippen LogP contribution in [0.2, 0.25) is 0 Å². The fraction of sp³-hybridized carbons (Fsp3) is 0.714. The van der Waals surface area contributed by atoms with Gasteiger partial charge in [-0.15, -0.1) is 0 Å². The van der Waals surface area contributed by atoms with Gasteiger partial charge in [-0.1, -0.05) is 62.8 Å². The summed E-state index contributed by atoms with van der Waals surface area (Å²) < 4.78 is 0. The molecule has 3 saturated carbocycles. The van der Waals surface area contributed by atoms with E-state index in [0.717, 1.165) is 19.3 Å². The average molecular weight is 413 g/mol. The van der Waals surface area contributed by atoms with Crippen molar-refractivity contribution in [1.29, 1.82) is 0 Å². The second kappa shape index (κ2) is 9.17. The van der Waals surface area contributed by atoms with Gasteiger partial charge in [-0.2, -0.15) is 0 Å². The average Bonchev–Trinajstić information content (AvgIpc) is 3.03. The molecule has 0 heterocycles. The summed E-state index contributed by atoms with van der Waals surface area (Å²) in [4.78, 5) is 0. The summed E-state index contributed by atoms with van der Waals surface area (Å²) in [5.74, 6) is 2.08. The number of aliphatic hydroxyl groups is 2. The molecule has 168 valence electrons. The first kappa shape index (κ1) is 23.5. The predicted octanol–water partition coefficient (Wildman–Crippen LogP) is 6.76. The van der Waals surface area contributed by atoms with Crippen molar-refractivity contribution in [3.63, 3.8) is 0 Å². The van der Waals surface area contributed by atoms with Crippen LogP contribution in [-0.4, -0.2) is 21.9 Å². The van der Waals surface area contributed by atoms with Gasteiger partial charge < -0.3 is 10.2 Å². The molecule has 0 amide bonds. The molecule has 2 nitrogen and oxygen atoms in total. The van der Waals surface area contributed by atoms with Crippen LogP contribution in [0.3, 0.4) is 0 Å². The normalized spacial score (nSPS) is 37.7. The predicted molar refractivity (Wildman–Crippen MR) is 127 cm³/mol. The van der Waals surface area contributed by atoms with Crippen LogP contribution in [0.5, 0.6) is 0 Å². The zero-order chi connectivity index (χ0) is 22.1. The van der Waals surface area contributed by atoms with Crippen LogP contribution in [0.25, 0.3) is 0 Å². The molecule has 0 aromatic heterocycles. The van der Waals surface area contributed by atoms with Gasteiger partial charge in [0.25, 0.3) is 0 Å². The summed E-state index contributed by atoms with van der Waals surface area (Å²) in [7, 11) is 0. The van der Waals surface area contributed by atoms with Gasteiger partial charge in [0, 0.05) is 5.92 Å². The summed E-state index contributed by atoms with van der Waals surface area (Å²) in [6.45, 7) is 15.0. The Morgan fingerprint density at radius 3 is 2.53 bits per heavy atom. The fourth-order valence-electron chi connectivity index (χ4n) is 6.25. The van der Waals surface area contributed by atoms with Crippen LogP contribution in [0, 0.1) is 29.1 Å². The van der Waals surface area contributed by atoms with Gasteiger partial charge in [0.15, 0.2) is 0 Å². The first-order chi connectivity index (χ1) is 14.0. The smallest absolute Gasteiger partial charge is 0.0651 e. The fourth-order valence-corrected chi connectivity index (χ4v) is 6.25. The number of aliphatic hydroxyl groups excluding tert-OH is 1. The zero-order valence-electron chi connectivity index (χ0n) is 20.0. The Labute approximate surface area is 184 Å². The quantitative estimate of drug-likeness (QED) is 0.490.